The summed E-state index contributed by atoms with van der Waals surface area (Å²) in [5, 5.41) is 16.0. The monoisotopic (exact) mass is 285 g/mol. The second-order valence-corrected chi connectivity index (χ2v) is 5.70. The number of nitrogens with one attached hydrogen (secondary N) is 1. The number of nitro benzene ring substituents is 1. The van der Waals surface area contributed by atoms with E-state index in [4.69, 9.17) is 0 Å². The van der Waals surface area contributed by atoms with Gasteiger partial charge < -0.3 is 5.32 Å². The van der Waals surface area contributed by atoms with Crippen LogP contribution in [0, 0.1) is 16.0 Å². The van der Waals surface area contributed by atoms with Crippen LogP contribution >= 0.6 is 0 Å². The van der Waals surface area contributed by atoms with Crippen molar-refractivity contribution in [3.05, 3.63) is 40.7 Å². The van der Waals surface area contributed by atoms with Gasteiger partial charge in [0.1, 0.15) is 0 Å². The molecule has 21 heavy (non-hydrogen) atoms. The van der Waals surface area contributed by atoms with Crippen molar-refractivity contribution >= 4 is 22.1 Å². The highest BCUT2D eigenvalue weighted by atomic mass is 16.6. The van der Waals surface area contributed by atoms with Crippen LogP contribution in [0.25, 0.3) is 10.8 Å². The summed E-state index contributed by atoms with van der Waals surface area (Å²) in [6.45, 7) is 0.932. The molecule has 0 bridgehead atoms. The van der Waals surface area contributed by atoms with Gasteiger partial charge in [0, 0.05) is 36.1 Å². The van der Waals surface area contributed by atoms with E-state index in [-0.39, 0.29) is 10.6 Å². The van der Waals surface area contributed by atoms with Crippen LogP contribution in [0.4, 0.5) is 11.4 Å². The Balaban J connectivity index is 1.85. The van der Waals surface area contributed by atoms with Gasteiger partial charge in [-0.3, -0.25) is 15.1 Å². The Hall–Kier alpha value is -2.17. The van der Waals surface area contributed by atoms with Gasteiger partial charge in [-0.05, 0) is 30.9 Å². The molecule has 0 aliphatic heterocycles. The zero-order valence-electron chi connectivity index (χ0n) is 11.9. The maximum absolute atomic E-state index is 11.1. The average molecular weight is 285 g/mol. The van der Waals surface area contributed by atoms with Crippen molar-refractivity contribution in [2.75, 3.05) is 11.9 Å². The maximum Gasteiger partial charge on any atom is 0.277 e. The Morgan fingerprint density at radius 1 is 1.19 bits per heavy atom. The van der Waals surface area contributed by atoms with Crippen molar-refractivity contribution in [3.63, 3.8) is 0 Å². The number of nitrogens with zero attached hydrogens (tertiary/aromatic N) is 2. The fourth-order valence-electron chi connectivity index (χ4n) is 3.13. The van der Waals surface area contributed by atoms with E-state index < -0.39 is 0 Å². The molecule has 1 aliphatic carbocycles. The Kier molecular flexibility index (Phi) is 3.99. The number of benzene rings is 1. The molecule has 1 aliphatic rings. The highest BCUT2D eigenvalue weighted by Gasteiger charge is 2.16. The molecule has 110 valence electrons. The third kappa shape index (κ3) is 2.96. The lowest BCUT2D eigenvalue weighted by molar-refractivity contribution is -0.383. The molecule has 3 rings (SSSR count). The quantitative estimate of drug-likeness (QED) is 0.677. The molecule has 0 atom stereocenters. The molecule has 0 spiro atoms. The lowest BCUT2D eigenvalue weighted by Crippen LogP contribution is -2.17. The minimum atomic E-state index is -0.340. The molecule has 0 unspecified atom stereocenters. The Bertz CT molecular complexity index is 651. The van der Waals surface area contributed by atoms with Crippen molar-refractivity contribution in [2.45, 2.75) is 32.1 Å². The number of nitro groups is 1. The van der Waals surface area contributed by atoms with E-state index in [1.165, 1.54) is 32.1 Å². The molecule has 0 radical (unpaired) electrons. The standard InChI is InChI=1S/C16H19N3O2/c20-19(21)16-7-6-15(14-11-17-9-8-13(14)16)18-10-12-4-2-1-3-5-12/h6-9,11-12,18H,1-5,10H2. The van der Waals surface area contributed by atoms with E-state index in [0.717, 1.165) is 17.6 Å². The van der Waals surface area contributed by atoms with Crippen LogP contribution in [-0.2, 0) is 0 Å². The second kappa shape index (κ2) is 6.08. The van der Waals surface area contributed by atoms with E-state index in [1.54, 1.807) is 30.6 Å². The molecule has 1 fully saturated rings. The third-order valence-corrected chi connectivity index (χ3v) is 4.30. The SMILES string of the molecule is O=[N+]([O-])c1ccc(NCC2CCCCC2)c2cnccc12. The average Bonchev–Trinajstić information content (AvgIpc) is 2.53. The van der Waals surface area contributed by atoms with Gasteiger partial charge in [-0.15, -0.1) is 0 Å². The van der Waals surface area contributed by atoms with Gasteiger partial charge in [0.25, 0.3) is 5.69 Å². The van der Waals surface area contributed by atoms with Crippen molar-refractivity contribution < 1.29 is 4.92 Å². The van der Waals surface area contributed by atoms with E-state index >= 15 is 0 Å². The van der Waals surface area contributed by atoms with Crippen LogP contribution in [0.15, 0.2) is 30.6 Å². The smallest absolute Gasteiger partial charge is 0.277 e. The van der Waals surface area contributed by atoms with Crippen LogP contribution in [0.1, 0.15) is 32.1 Å². The van der Waals surface area contributed by atoms with Gasteiger partial charge in [0.05, 0.1) is 10.3 Å². The summed E-state index contributed by atoms with van der Waals surface area (Å²) in [5.41, 5.74) is 1.07. The van der Waals surface area contributed by atoms with Crippen LogP contribution in [-0.4, -0.2) is 16.5 Å². The van der Waals surface area contributed by atoms with Crippen LogP contribution in [0.5, 0.6) is 0 Å². The molecule has 0 amide bonds. The van der Waals surface area contributed by atoms with E-state index in [9.17, 15) is 10.1 Å². The summed E-state index contributed by atoms with van der Waals surface area (Å²) in [6, 6.07) is 5.08. The summed E-state index contributed by atoms with van der Waals surface area (Å²) in [7, 11) is 0. The molecule has 0 saturated heterocycles. The largest absolute Gasteiger partial charge is 0.384 e. The van der Waals surface area contributed by atoms with Crippen LogP contribution < -0.4 is 5.32 Å². The van der Waals surface area contributed by atoms with Gasteiger partial charge in [-0.2, -0.15) is 0 Å². The highest BCUT2D eigenvalue weighted by molar-refractivity contribution is 5.99. The molecule has 2 aromatic rings. The van der Waals surface area contributed by atoms with Crippen molar-refractivity contribution in [3.8, 4) is 0 Å². The third-order valence-electron chi connectivity index (χ3n) is 4.30. The fraction of sp³-hybridized carbons (Fsp3) is 0.438. The first kappa shape index (κ1) is 13.8. The molecule has 5 nitrogen and oxygen atoms in total. The van der Waals surface area contributed by atoms with Crippen LogP contribution in [0.2, 0.25) is 0 Å². The predicted molar refractivity (Wildman–Crippen MR) is 83.5 cm³/mol. The molecule has 1 N–H and O–H groups in total. The Morgan fingerprint density at radius 3 is 2.76 bits per heavy atom. The van der Waals surface area contributed by atoms with E-state index in [1.807, 2.05) is 0 Å². The summed E-state index contributed by atoms with van der Waals surface area (Å²) in [6.07, 6.45) is 9.82. The van der Waals surface area contributed by atoms with Gasteiger partial charge in [0.15, 0.2) is 0 Å². The Morgan fingerprint density at radius 2 is 2.00 bits per heavy atom. The first-order chi connectivity index (χ1) is 10.3. The molecule has 5 heteroatoms. The molecule has 1 aromatic carbocycles. The van der Waals surface area contributed by atoms with Crippen molar-refractivity contribution in [1.29, 1.82) is 0 Å². The molecule has 1 heterocycles. The molecular weight excluding hydrogens is 266 g/mol. The van der Waals surface area contributed by atoms with Crippen molar-refractivity contribution in [2.24, 2.45) is 5.92 Å². The number of rotatable bonds is 4. The summed E-state index contributed by atoms with van der Waals surface area (Å²) >= 11 is 0. The van der Waals surface area contributed by atoms with Gasteiger partial charge in [0.2, 0.25) is 0 Å². The minimum absolute atomic E-state index is 0.135. The number of aromatic nitrogens is 1. The Labute approximate surface area is 123 Å². The minimum Gasteiger partial charge on any atom is -0.384 e. The fourth-order valence-corrected chi connectivity index (χ4v) is 3.13. The van der Waals surface area contributed by atoms with Gasteiger partial charge >= 0.3 is 0 Å². The maximum atomic E-state index is 11.1. The van der Waals surface area contributed by atoms with Gasteiger partial charge in [-0.1, -0.05) is 19.3 Å². The van der Waals surface area contributed by atoms with Crippen LogP contribution in [0.3, 0.4) is 0 Å². The summed E-state index contributed by atoms with van der Waals surface area (Å²) in [4.78, 5) is 14.9. The van der Waals surface area contributed by atoms with E-state index in [0.29, 0.717) is 11.3 Å². The number of hydrogen-bond acceptors (Lipinski definition) is 4. The zero-order chi connectivity index (χ0) is 14.7. The molecular formula is C16H19N3O2. The van der Waals surface area contributed by atoms with Crippen molar-refractivity contribution in [1.82, 2.24) is 4.98 Å². The lowest BCUT2D eigenvalue weighted by Gasteiger charge is -2.22. The number of non-ortho nitro benzene ring substituents is 1. The highest BCUT2D eigenvalue weighted by Crippen LogP contribution is 2.31. The normalized spacial score (nSPS) is 16.0. The molecule has 1 saturated carbocycles. The number of fused-ring (bicyclic) bond motifs is 1. The van der Waals surface area contributed by atoms with Gasteiger partial charge in [-0.25, -0.2) is 0 Å². The predicted octanol–water partition coefficient (Wildman–Crippen LogP) is 4.14. The first-order valence-corrected chi connectivity index (χ1v) is 7.50. The number of hydrogen-bond donors (Lipinski definition) is 1. The molecule has 1 aromatic heterocycles. The van der Waals surface area contributed by atoms with E-state index in [2.05, 4.69) is 10.3 Å². The summed E-state index contributed by atoms with van der Waals surface area (Å²) in [5.74, 6) is 0.709. The first-order valence-electron chi connectivity index (χ1n) is 7.50. The number of pyridine rings is 1. The zero-order valence-corrected chi connectivity index (χ0v) is 11.9. The number of anilines is 1. The topological polar surface area (TPSA) is 68.1 Å². The summed E-state index contributed by atoms with van der Waals surface area (Å²) < 4.78 is 0. The lowest BCUT2D eigenvalue weighted by atomic mass is 9.89. The second-order valence-electron chi connectivity index (χ2n) is 5.70.